The molecule has 1 aromatic heterocycles. The van der Waals surface area contributed by atoms with Crippen LogP contribution in [0.3, 0.4) is 0 Å². The van der Waals surface area contributed by atoms with Gasteiger partial charge in [0.05, 0.1) is 10.2 Å². The average molecular weight is 365 g/mol. The molecule has 2 aromatic rings. The number of benzene rings is 1. The fourth-order valence-electron chi connectivity index (χ4n) is 1.79. The summed E-state index contributed by atoms with van der Waals surface area (Å²) < 4.78 is 1.75. The van der Waals surface area contributed by atoms with Gasteiger partial charge < -0.3 is 0 Å². The quantitative estimate of drug-likeness (QED) is 0.516. The summed E-state index contributed by atoms with van der Waals surface area (Å²) in [4.78, 5) is 4.57. The number of pyridine rings is 1. The molecule has 1 heterocycles. The van der Waals surface area contributed by atoms with Gasteiger partial charge in [-0.15, -0.1) is 0 Å². The molecule has 18 heavy (non-hydrogen) atoms. The second-order valence-corrected chi connectivity index (χ2v) is 5.22. The van der Waals surface area contributed by atoms with Gasteiger partial charge in [0.25, 0.3) is 0 Å². The van der Waals surface area contributed by atoms with Gasteiger partial charge >= 0.3 is 0 Å². The summed E-state index contributed by atoms with van der Waals surface area (Å²) in [6.07, 6.45) is 5.43. The van der Waals surface area contributed by atoms with Crippen molar-refractivity contribution < 1.29 is 0 Å². The molecule has 0 spiro atoms. The SMILES string of the molecule is C=C/C=C(\C=C)c1nc(Br)c(Br)c2ccccc12. The van der Waals surface area contributed by atoms with Crippen LogP contribution in [0, 0.1) is 0 Å². The molecule has 0 N–H and O–H groups in total. The van der Waals surface area contributed by atoms with Crippen LogP contribution in [-0.4, -0.2) is 4.98 Å². The van der Waals surface area contributed by atoms with Crippen molar-refractivity contribution in [2.75, 3.05) is 0 Å². The molecule has 3 heteroatoms. The van der Waals surface area contributed by atoms with E-state index in [0.717, 1.165) is 31.1 Å². The molecule has 0 bridgehead atoms. The fourth-order valence-corrected chi connectivity index (χ4v) is 2.62. The van der Waals surface area contributed by atoms with Gasteiger partial charge in [0.15, 0.2) is 0 Å². The summed E-state index contributed by atoms with van der Waals surface area (Å²) in [5.41, 5.74) is 1.85. The minimum absolute atomic E-state index is 0.785. The van der Waals surface area contributed by atoms with Crippen molar-refractivity contribution in [3.8, 4) is 0 Å². The van der Waals surface area contributed by atoms with Gasteiger partial charge in [-0.2, -0.15) is 0 Å². The fraction of sp³-hybridized carbons (Fsp3) is 0. The Hall–Kier alpha value is -1.19. The Morgan fingerprint density at radius 2 is 1.78 bits per heavy atom. The van der Waals surface area contributed by atoms with E-state index >= 15 is 0 Å². The van der Waals surface area contributed by atoms with Crippen LogP contribution in [0.4, 0.5) is 0 Å². The second-order valence-electron chi connectivity index (χ2n) is 3.67. The highest BCUT2D eigenvalue weighted by molar-refractivity contribution is 9.13. The smallest absolute Gasteiger partial charge is 0.121 e. The number of hydrogen-bond acceptors (Lipinski definition) is 1. The third-order valence-electron chi connectivity index (χ3n) is 2.60. The number of nitrogens with zero attached hydrogens (tertiary/aromatic N) is 1. The van der Waals surface area contributed by atoms with Crippen molar-refractivity contribution in [2.45, 2.75) is 0 Å². The molecule has 90 valence electrons. The maximum atomic E-state index is 4.57. The van der Waals surface area contributed by atoms with Crippen LogP contribution in [0.5, 0.6) is 0 Å². The average Bonchev–Trinajstić information content (AvgIpc) is 2.40. The summed E-state index contributed by atoms with van der Waals surface area (Å²) in [6.45, 7) is 7.55. The van der Waals surface area contributed by atoms with Crippen LogP contribution in [-0.2, 0) is 0 Å². The summed E-state index contributed by atoms with van der Waals surface area (Å²) in [7, 11) is 0. The minimum Gasteiger partial charge on any atom is -0.239 e. The molecule has 0 aliphatic heterocycles. The van der Waals surface area contributed by atoms with Crippen molar-refractivity contribution in [3.63, 3.8) is 0 Å². The Balaban J connectivity index is 2.87. The standard InChI is InChI=1S/C15H11Br2N/c1-3-7-10(4-2)14-12-9-6-5-8-11(12)13(16)15(17)18-14/h3-9H,1-2H2/b10-7+. The molecule has 0 saturated carbocycles. The van der Waals surface area contributed by atoms with E-state index in [1.165, 1.54) is 0 Å². The van der Waals surface area contributed by atoms with Gasteiger partial charge in [-0.05, 0) is 31.9 Å². The normalized spacial score (nSPS) is 11.6. The predicted molar refractivity (Wildman–Crippen MR) is 85.5 cm³/mol. The first-order chi connectivity index (χ1) is 8.69. The topological polar surface area (TPSA) is 12.9 Å². The lowest BCUT2D eigenvalue weighted by Crippen LogP contribution is -1.92. The zero-order chi connectivity index (χ0) is 13.1. The van der Waals surface area contributed by atoms with Crippen LogP contribution >= 0.6 is 31.9 Å². The van der Waals surface area contributed by atoms with E-state index in [-0.39, 0.29) is 0 Å². The van der Waals surface area contributed by atoms with Gasteiger partial charge in [0, 0.05) is 16.3 Å². The van der Waals surface area contributed by atoms with Crippen LogP contribution in [0.1, 0.15) is 5.69 Å². The zero-order valence-corrected chi connectivity index (χ0v) is 12.8. The third-order valence-corrected chi connectivity index (χ3v) is 4.51. The lowest BCUT2D eigenvalue weighted by molar-refractivity contribution is 1.25. The summed E-state index contributed by atoms with van der Waals surface area (Å²) in [6, 6.07) is 8.12. The van der Waals surface area contributed by atoms with E-state index in [0.29, 0.717) is 0 Å². The monoisotopic (exact) mass is 363 g/mol. The van der Waals surface area contributed by atoms with Gasteiger partial charge in [-0.25, -0.2) is 4.98 Å². The predicted octanol–water partition coefficient (Wildman–Crippen LogP) is 5.52. The number of fused-ring (bicyclic) bond motifs is 1. The van der Waals surface area contributed by atoms with Gasteiger partial charge in [0.2, 0.25) is 0 Å². The van der Waals surface area contributed by atoms with E-state index in [4.69, 9.17) is 0 Å². The lowest BCUT2D eigenvalue weighted by atomic mass is 10.0. The van der Waals surface area contributed by atoms with Crippen molar-refractivity contribution in [1.82, 2.24) is 4.98 Å². The molecule has 0 amide bonds. The molecule has 0 radical (unpaired) electrons. The molecule has 0 aliphatic rings. The first-order valence-corrected chi connectivity index (χ1v) is 6.97. The zero-order valence-electron chi connectivity index (χ0n) is 9.66. The van der Waals surface area contributed by atoms with E-state index in [1.807, 2.05) is 18.2 Å². The maximum Gasteiger partial charge on any atom is 0.121 e. The molecule has 0 saturated heterocycles. The number of halogens is 2. The summed E-state index contributed by atoms with van der Waals surface area (Å²) in [5, 5.41) is 2.20. The van der Waals surface area contributed by atoms with Gasteiger partial charge in [-0.3, -0.25) is 0 Å². The van der Waals surface area contributed by atoms with E-state index < -0.39 is 0 Å². The van der Waals surface area contributed by atoms with Crippen LogP contribution in [0.25, 0.3) is 16.3 Å². The maximum absolute atomic E-state index is 4.57. The molecule has 1 aromatic carbocycles. The second kappa shape index (κ2) is 5.63. The molecular formula is C15H11Br2N. The van der Waals surface area contributed by atoms with Crippen molar-refractivity contribution in [1.29, 1.82) is 0 Å². The van der Waals surface area contributed by atoms with Crippen molar-refractivity contribution in [2.24, 2.45) is 0 Å². The molecule has 1 nitrogen and oxygen atoms in total. The van der Waals surface area contributed by atoms with Gasteiger partial charge in [0.1, 0.15) is 4.60 Å². The van der Waals surface area contributed by atoms with E-state index in [2.05, 4.69) is 62.1 Å². The molecule has 2 rings (SSSR count). The first-order valence-electron chi connectivity index (χ1n) is 5.38. The Morgan fingerprint density at radius 1 is 1.11 bits per heavy atom. The highest BCUT2D eigenvalue weighted by atomic mass is 79.9. The van der Waals surface area contributed by atoms with E-state index in [9.17, 15) is 0 Å². The largest absolute Gasteiger partial charge is 0.239 e. The van der Waals surface area contributed by atoms with Crippen LogP contribution in [0.15, 0.2) is 64.7 Å². The molecule has 0 atom stereocenters. The number of allylic oxidation sites excluding steroid dienone is 4. The van der Waals surface area contributed by atoms with E-state index in [1.54, 1.807) is 12.2 Å². The Bertz CT molecular complexity index is 657. The molecule has 0 unspecified atom stereocenters. The molecule has 0 fully saturated rings. The highest BCUT2D eigenvalue weighted by Crippen LogP contribution is 2.34. The van der Waals surface area contributed by atoms with Gasteiger partial charge in [-0.1, -0.05) is 55.7 Å². The number of aromatic nitrogens is 1. The van der Waals surface area contributed by atoms with Crippen LogP contribution < -0.4 is 0 Å². The van der Waals surface area contributed by atoms with Crippen molar-refractivity contribution >= 4 is 48.2 Å². The number of hydrogen-bond donors (Lipinski definition) is 0. The summed E-state index contributed by atoms with van der Waals surface area (Å²) >= 11 is 7.02. The highest BCUT2D eigenvalue weighted by Gasteiger charge is 2.11. The minimum atomic E-state index is 0.785. The Kier molecular flexibility index (Phi) is 4.15. The third kappa shape index (κ3) is 2.33. The Morgan fingerprint density at radius 3 is 2.39 bits per heavy atom. The molecule has 0 aliphatic carbocycles. The Labute approximate surface area is 123 Å². The van der Waals surface area contributed by atoms with Crippen molar-refractivity contribution in [3.05, 3.63) is 70.4 Å². The van der Waals surface area contributed by atoms with Crippen LogP contribution in [0.2, 0.25) is 0 Å². The summed E-state index contributed by atoms with van der Waals surface area (Å²) in [5.74, 6) is 0. The number of rotatable bonds is 3. The first kappa shape index (κ1) is 13.2. The molecular weight excluding hydrogens is 354 g/mol. The lowest BCUT2D eigenvalue weighted by Gasteiger charge is -2.09.